The van der Waals surface area contributed by atoms with Crippen LogP contribution in [0.5, 0.6) is 11.5 Å². The predicted molar refractivity (Wildman–Crippen MR) is 165 cm³/mol. The van der Waals surface area contributed by atoms with Crippen molar-refractivity contribution >= 4 is 35.0 Å². The predicted octanol–water partition coefficient (Wildman–Crippen LogP) is 4.21. The van der Waals surface area contributed by atoms with Crippen LogP contribution in [0.2, 0.25) is 0 Å². The number of allylic oxidation sites excluding steroid dienone is 1. The molecule has 220 valence electrons. The van der Waals surface area contributed by atoms with Crippen molar-refractivity contribution in [2.75, 3.05) is 25.1 Å². The number of hydrogen-bond donors (Lipinski definition) is 1. The Kier molecular flexibility index (Phi) is 9.17. The first-order valence-corrected chi connectivity index (χ1v) is 14.7. The molecule has 43 heavy (non-hydrogen) atoms. The van der Waals surface area contributed by atoms with Gasteiger partial charge >= 0.3 is 5.97 Å². The van der Waals surface area contributed by atoms with Gasteiger partial charge in [-0.15, -0.1) is 0 Å². The van der Waals surface area contributed by atoms with Crippen molar-refractivity contribution < 1.29 is 23.8 Å². The number of nitrogens with zero attached hydrogens (tertiary/aromatic N) is 2. The standard InChI is InChI=1S/C33H31N3O6S/c1-4-40-25-17-15-22(16-18-25)30-29(31(38)35-24-12-7-6-8-13-24)21(3)34-33-36(30)32(39)27(43-33)19-23-11-9-10-14-26(23)42-20-28(37)41-5-2/h6-19,30H,4-5,20H2,1-3H3,(H,35,38)/b27-19-/t30-/m0/s1. The fourth-order valence-electron chi connectivity index (χ4n) is 4.77. The Hall–Kier alpha value is -4.96. The third-order valence-corrected chi connectivity index (χ3v) is 7.64. The maximum absolute atomic E-state index is 14.1. The molecule has 4 aromatic rings. The topological polar surface area (TPSA) is 108 Å². The van der Waals surface area contributed by atoms with Gasteiger partial charge in [0.05, 0.1) is 35.1 Å². The van der Waals surface area contributed by atoms with Crippen LogP contribution in [0.4, 0.5) is 5.69 Å². The van der Waals surface area contributed by atoms with Crippen molar-refractivity contribution in [3.05, 3.63) is 121 Å². The quantitative estimate of drug-likeness (QED) is 0.275. The summed E-state index contributed by atoms with van der Waals surface area (Å²) in [4.78, 5) is 44.8. The second-order valence-corrected chi connectivity index (χ2v) is 10.5. The molecule has 1 atom stereocenters. The summed E-state index contributed by atoms with van der Waals surface area (Å²) in [5, 5.41) is 2.95. The zero-order chi connectivity index (χ0) is 30.3. The minimum Gasteiger partial charge on any atom is -0.494 e. The molecule has 10 heteroatoms. The largest absolute Gasteiger partial charge is 0.494 e. The van der Waals surface area contributed by atoms with Gasteiger partial charge in [-0.05, 0) is 62.7 Å². The number of nitrogens with one attached hydrogen (secondary N) is 1. The van der Waals surface area contributed by atoms with E-state index >= 15 is 0 Å². The number of para-hydroxylation sites is 2. The number of hydrogen-bond acceptors (Lipinski definition) is 8. The number of aromatic nitrogens is 1. The van der Waals surface area contributed by atoms with Gasteiger partial charge in [0, 0.05) is 11.3 Å². The van der Waals surface area contributed by atoms with Gasteiger partial charge in [0.1, 0.15) is 11.5 Å². The van der Waals surface area contributed by atoms with E-state index in [1.54, 1.807) is 54.8 Å². The Morgan fingerprint density at radius 3 is 2.40 bits per heavy atom. The van der Waals surface area contributed by atoms with E-state index in [2.05, 4.69) is 5.32 Å². The first kappa shape index (κ1) is 29.5. The van der Waals surface area contributed by atoms with E-state index in [-0.39, 0.29) is 24.7 Å². The minimum absolute atomic E-state index is 0.253. The molecule has 9 nitrogen and oxygen atoms in total. The average molecular weight is 598 g/mol. The molecular formula is C33H31N3O6S. The number of carbonyl (C=O) groups excluding carboxylic acids is 2. The van der Waals surface area contributed by atoms with E-state index in [4.69, 9.17) is 19.2 Å². The van der Waals surface area contributed by atoms with Crippen LogP contribution < -0.4 is 29.7 Å². The first-order chi connectivity index (χ1) is 20.9. The van der Waals surface area contributed by atoms with Crippen LogP contribution in [-0.2, 0) is 14.3 Å². The van der Waals surface area contributed by atoms with Gasteiger partial charge in [0.25, 0.3) is 11.5 Å². The summed E-state index contributed by atoms with van der Waals surface area (Å²) in [7, 11) is 0. The monoisotopic (exact) mass is 597 g/mol. The van der Waals surface area contributed by atoms with Crippen LogP contribution in [0.25, 0.3) is 6.08 Å². The molecule has 2 heterocycles. The Morgan fingerprint density at radius 2 is 1.67 bits per heavy atom. The van der Waals surface area contributed by atoms with Crippen LogP contribution >= 0.6 is 11.3 Å². The molecular weight excluding hydrogens is 566 g/mol. The summed E-state index contributed by atoms with van der Waals surface area (Å²) >= 11 is 1.22. The summed E-state index contributed by atoms with van der Waals surface area (Å²) in [5.41, 5.74) is 2.56. The summed E-state index contributed by atoms with van der Waals surface area (Å²) in [6, 6.07) is 22.9. The maximum atomic E-state index is 14.1. The van der Waals surface area contributed by atoms with Gasteiger partial charge < -0.3 is 19.5 Å². The SMILES string of the molecule is CCOC(=O)COc1ccccc1/C=c1\sc2n(c1=O)[C@@H](c1ccc(OCC)cc1)C(C(=O)Nc1ccccc1)=C(C)N=2. The zero-order valence-electron chi connectivity index (χ0n) is 24.0. The number of thiazole rings is 1. The molecule has 0 fully saturated rings. The lowest BCUT2D eigenvalue weighted by Crippen LogP contribution is -2.40. The Balaban J connectivity index is 1.60. The van der Waals surface area contributed by atoms with Gasteiger partial charge in [0.2, 0.25) is 0 Å². The van der Waals surface area contributed by atoms with Crippen LogP contribution in [0.15, 0.2) is 99.9 Å². The number of esters is 1. The number of amides is 1. The maximum Gasteiger partial charge on any atom is 0.344 e. The van der Waals surface area contributed by atoms with Crippen molar-refractivity contribution in [2.45, 2.75) is 26.8 Å². The molecule has 5 rings (SSSR count). The fraction of sp³-hybridized carbons (Fsp3) is 0.212. The van der Waals surface area contributed by atoms with Crippen molar-refractivity contribution in [3.63, 3.8) is 0 Å². The number of anilines is 1. The molecule has 1 aromatic heterocycles. The van der Waals surface area contributed by atoms with Gasteiger partial charge in [-0.3, -0.25) is 14.2 Å². The normalized spacial score (nSPS) is 14.5. The lowest BCUT2D eigenvalue weighted by molar-refractivity contribution is -0.145. The average Bonchev–Trinajstić information content (AvgIpc) is 3.31. The molecule has 1 N–H and O–H groups in total. The Labute approximate surface area is 252 Å². The molecule has 0 spiro atoms. The van der Waals surface area contributed by atoms with E-state index in [1.165, 1.54) is 11.3 Å². The molecule has 1 aliphatic heterocycles. The molecule has 0 saturated heterocycles. The fourth-order valence-corrected chi connectivity index (χ4v) is 5.81. The minimum atomic E-state index is -0.729. The van der Waals surface area contributed by atoms with Gasteiger partial charge in [-0.25, -0.2) is 9.79 Å². The summed E-state index contributed by atoms with van der Waals surface area (Å²) in [6.07, 6.45) is 1.71. The van der Waals surface area contributed by atoms with Crippen LogP contribution in [0.1, 0.15) is 37.9 Å². The van der Waals surface area contributed by atoms with Crippen LogP contribution in [0.3, 0.4) is 0 Å². The number of fused-ring (bicyclic) bond motifs is 1. The molecule has 0 bridgehead atoms. The number of rotatable bonds is 10. The second kappa shape index (κ2) is 13.3. The Bertz CT molecular complexity index is 1840. The molecule has 0 aliphatic carbocycles. The number of carbonyl (C=O) groups is 2. The Morgan fingerprint density at radius 1 is 0.953 bits per heavy atom. The van der Waals surface area contributed by atoms with Gasteiger partial charge in [-0.1, -0.05) is 59.9 Å². The smallest absolute Gasteiger partial charge is 0.344 e. The third-order valence-electron chi connectivity index (χ3n) is 6.66. The van der Waals surface area contributed by atoms with Crippen molar-refractivity contribution in [2.24, 2.45) is 4.99 Å². The van der Waals surface area contributed by atoms with E-state index in [0.29, 0.717) is 50.0 Å². The summed E-state index contributed by atoms with van der Waals surface area (Å²) < 4.78 is 18.2. The molecule has 0 radical (unpaired) electrons. The molecule has 3 aromatic carbocycles. The van der Waals surface area contributed by atoms with E-state index in [9.17, 15) is 14.4 Å². The molecule has 1 amide bonds. The first-order valence-electron chi connectivity index (χ1n) is 13.9. The highest BCUT2D eigenvalue weighted by Gasteiger charge is 2.32. The lowest BCUT2D eigenvalue weighted by Gasteiger charge is -2.25. The van der Waals surface area contributed by atoms with Crippen LogP contribution in [-0.4, -0.2) is 36.3 Å². The second-order valence-electron chi connectivity index (χ2n) is 9.54. The van der Waals surface area contributed by atoms with Gasteiger partial charge in [-0.2, -0.15) is 0 Å². The van der Waals surface area contributed by atoms with Crippen LogP contribution in [0, 0.1) is 0 Å². The van der Waals surface area contributed by atoms with Crippen molar-refractivity contribution in [3.8, 4) is 11.5 Å². The molecule has 0 unspecified atom stereocenters. The van der Waals surface area contributed by atoms with E-state index in [0.717, 1.165) is 5.56 Å². The third kappa shape index (κ3) is 6.60. The zero-order valence-corrected chi connectivity index (χ0v) is 24.9. The van der Waals surface area contributed by atoms with Crippen molar-refractivity contribution in [1.29, 1.82) is 0 Å². The number of benzene rings is 3. The summed E-state index contributed by atoms with van der Waals surface area (Å²) in [5.74, 6) is 0.291. The highest BCUT2D eigenvalue weighted by atomic mass is 32.1. The van der Waals surface area contributed by atoms with E-state index in [1.807, 2.05) is 55.5 Å². The summed E-state index contributed by atoms with van der Waals surface area (Å²) in [6.45, 7) is 5.93. The van der Waals surface area contributed by atoms with E-state index < -0.39 is 12.0 Å². The molecule has 1 aliphatic rings. The highest BCUT2D eigenvalue weighted by molar-refractivity contribution is 7.07. The van der Waals surface area contributed by atoms with Gasteiger partial charge in [0.15, 0.2) is 11.4 Å². The number of ether oxygens (including phenoxy) is 3. The highest BCUT2D eigenvalue weighted by Crippen LogP contribution is 2.32. The molecule has 0 saturated carbocycles. The lowest BCUT2D eigenvalue weighted by atomic mass is 9.95. The van der Waals surface area contributed by atoms with Crippen molar-refractivity contribution in [1.82, 2.24) is 4.57 Å².